The number of pyridine rings is 1. The highest BCUT2D eigenvalue weighted by molar-refractivity contribution is 5.96. The largest absolute Gasteiger partial charge is 0.337 e. The molecule has 1 aliphatic heterocycles. The Morgan fingerprint density at radius 2 is 1.96 bits per heavy atom. The Morgan fingerprint density at radius 1 is 1.19 bits per heavy atom. The number of carbonyl (C=O) groups is 1. The van der Waals surface area contributed by atoms with Gasteiger partial charge in [-0.2, -0.15) is 0 Å². The Morgan fingerprint density at radius 3 is 2.65 bits per heavy atom. The third-order valence-corrected chi connectivity index (χ3v) is 4.41. The van der Waals surface area contributed by atoms with E-state index >= 15 is 0 Å². The summed E-state index contributed by atoms with van der Waals surface area (Å²) in [6.07, 6.45) is 4.26. The second-order valence-corrected chi connectivity index (χ2v) is 6.22. The van der Waals surface area contributed by atoms with Crippen LogP contribution < -0.4 is 5.73 Å². The molecule has 1 fully saturated rings. The summed E-state index contributed by atoms with van der Waals surface area (Å²) in [5.41, 5.74) is 9.16. The number of carbonyl (C=O) groups excluding carboxylic acids is 1. The van der Waals surface area contributed by atoms with E-state index in [1.54, 1.807) is 17.4 Å². The number of benzene rings is 1. The molecule has 1 amide bonds. The summed E-state index contributed by atoms with van der Waals surface area (Å²) < 4.78 is 1.99. The molecule has 26 heavy (non-hydrogen) atoms. The van der Waals surface area contributed by atoms with Gasteiger partial charge in [-0.3, -0.25) is 4.79 Å². The van der Waals surface area contributed by atoms with E-state index in [9.17, 15) is 4.79 Å². The molecule has 3 aromatic rings. The molecular weight excluding hydrogens is 373 g/mol. The van der Waals surface area contributed by atoms with Gasteiger partial charge in [0, 0.05) is 25.3 Å². The number of hydrogen-bond acceptors (Lipinski definition) is 4. The van der Waals surface area contributed by atoms with E-state index < -0.39 is 0 Å². The average molecular weight is 394 g/mol. The zero-order chi connectivity index (χ0) is 16.5. The fourth-order valence-electron chi connectivity index (χ4n) is 3.12. The van der Waals surface area contributed by atoms with Crippen molar-refractivity contribution in [1.29, 1.82) is 0 Å². The molecule has 1 saturated heterocycles. The van der Waals surface area contributed by atoms with Gasteiger partial charge in [0.15, 0.2) is 5.65 Å². The zero-order valence-electron chi connectivity index (χ0n) is 14.1. The summed E-state index contributed by atoms with van der Waals surface area (Å²) >= 11 is 0. The molecule has 8 heteroatoms. The lowest BCUT2D eigenvalue weighted by Crippen LogP contribution is -2.31. The minimum Gasteiger partial charge on any atom is -0.337 e. The summed E-state index contributed by atoms with van der Waals surface area (Å²) in [7, 11) is 0. The molecule has 4 rings (SSSR count). The highest BCUT2D eigenvalue weighted by atomic mass is 35.5. The van der Waals surface area contributed by atoms with Crippen LogP contribution >= 0.6 is 24.8 Å². The van der Waals surface area contributed by atoms with Crippen molar-refractivity contribution in [2.75, 3.05) is 13.1 Å². The lowest BCUT2D eigenvalue weighted by atomic mass is 10.2. The second kappa shape index (κ2) is 8.49. The maximum absolute atomic E-state index is 12.5. The molecule has 0 spiro atoms. The van der Waals surface area contributed by atoms with Crippen molar-refractivity contribution >= 4 is 41.9 Å². The van der Waals surface area contributed by atoms with E-state index in [1.807, 2.05) is 28.8 Å². The minimum atomic E-state index is -0.0186. The molecule has 0 aliphatic carbocycles. The maximum Gasteiger partial charge on any atom is 0.255 e. The number of nitrogens with two attached hydrogens (primary N) is 1. The van der Waals surface area contributed by atoms with Crippen LogP contribution in [0.15, 0.2) is 48.9 Å². The van der Waals surface area contributed by atoms with Crippen LogP contribution in [0.5, 0.6) is 0 Å². The quantitative estimate of drug-likeness (QED) is 0.741. The van der Waals surface area contributed by atoms with Gasteiger partial charge in [0.05, 0.1) is 18.4 Å². The predicted molar refractivity (Wildman–Crippen MR) is 106 cm³/mol. The molecule has 0 radical (unpaired) electrons. The number of imidazole rings is 1. The number of aromatic nitrogens is 3. The fourth-order valence-corrected chi connectivity index (χ4v) is 3.12. The Labute approximate surface area is 164 Å². The average Bonchev–Trinajstić information content (AvgIpc) is 3.21. The Balaban J connectivity index is 0.00000121. The smallest absolute Gasteiger partial charge is 0.255 e. The van der Waals surface area contributed by atoms with Crippen molar-refractivity contribution in [3.63, 3.8) is 0 Å². The molecule has 6 nitrogen and oxygen atoms in total. The number of nitrogens with zero attached hydrogens (tertiary/aromatic N) is 4. The van der Waals surface area contributed by atoms with Crippen molar-refractivity contribution in [1.82, 2.24) is 19.4 Å². The molecule has 1 unspecified atom stereocenters. The number of fused-ring (bicyclic) bond motifs is 1. The number of hydrogen-bond donors (Lipinski definition) is 1. The van der Waals surface area contributed by atoms with E-state index in [0.29, 0.717) is 25.2 Å². The predicted octanol–water partition coefficient (Wildman–Crippen LogP) is 2.50. The second-order valence-electron chi connectivity index (χ2n) is 6.22. The van der Waals surface area contributed by atoms with Gasteiger partial charge in [-0.15, -0.1) is 24.8 Å². The highest BCUT2D eigenvalue weighted by Crippen LogP contribution is 2.17. The van der Waals surface area contributed by atoms with Gasteiger partial charge in [0.2, 0.25) is 0 Å². The number of rotatable bonds is 3. The van der Waals surface area contributed by atoms with Gasteiger partial charge in [-0.1, -0.05) is 30.3 Å². The molecule has 1 atom stereocenters. The SMILES string of the molecule is Cl.Cl.NC1CCN(C(=O)c2cnc3c(c2)ncn3Cc2ccccc2)C1. The molecule has 0 saturated carbocycles. The van der Waals surface area contributed by atoms with Gasteiger partial charge >= 0.3 is 0 Å². The summed E-state index contributed by atoms with van der Waals surface area (Å²) in [4.78, 5) is 23.2. The van der Waals surface area contributed by atoms with E-state index in [0.717, 1.165) is 17.6 Å². The van der Waals surface area contributed by atoms with E-state index in [2.05, 4.69) is 22.1 Å². The monoisotopic (exact) mass is 393 g/mol. The Kier molecular flexibility index (Phi) is 6.58. The van der Waals surface area contributed by atoms with Crippen LogP contribution in [-0.4, -0.2) is 44.5 Å². The number of likely N-dealkylation sites (tertiary alicyclic amines) is 1. The first kappa shape index (κ1) is 20.2. The molecule has 2 N–H and O–H groups in total. The molecule has 138 valence electrons. The van der Waals surface area contributed by atoms with Crippen LogP contribution in [0.3, 0.4) is 0 Å². The third kappa shape index (κ3) is 3.98. The normalized spacial score (nSPS) is 16.2. The molecule has 1 aromatic carbocycles. The van der Waals surface area contributed by atoms with Crippen LogP contribution in [0.2, 0.25) is 0 Å². The van der Waals surface area contributed by atoms with Crippen LogP contribution in [0, 0.1) is 0 Å². The Bertz CT molecular complexity index is 884. The van der Waals surface area contributed by atoms with Gasteiger partial charge in [0.25, 0.3) is 5.91 Å². The van der Waals surface area contributed by atoms with Crippen LogP contribution in [0.4, 0.5) is 0 Å². The van der Waals surface area contributed by atoms with Crippen LogP contribution in [0.1, 0.15) is 22.3 Å². The van der Waals surface area contributed by atoms with Gasteiger partial charge in [-0.25, -0.2) is 9.97 Å². The standard InChI is InChI=1S/C18H19N5O.2ClH/c19-15-6-7-22(11-15)18(24)14-8-16-17(20-9-14)23(12-21-16)10-13-4-2-1-3-5-13;;/h1-5,8-9,12,15H,6-7,10-11,19H2;2*1H. The number of amides is 1. The summed E-state index contributed by atoms with van der Waals surface area (Å²) in [5, 5.41) is 0. The number of halogens is 2. The van der Waals surface area contributed by atoms with Crippen molar-refractivity contribution in [2.45, 2.75) is 19.0 Å². The minimum absolute atomic E-state index is 0. The zero-order valence-corrected chi connectivity index (χ0v) is 15.7. The summed E-state index contributed by atoms with van der Waals surface area (Å²) in [5.74, 6) is -0.0186. The molecule has 3 heterocycles. The van der Waals surface area contributed by atoms with E-state index in [4.69, 9.17) is 5.73 Å². The molecule has 2 aromatic heterocycles. The molecule has 0 bridgehead atoms. The van der Waals surface area contributed by atoms with E-state index in [-0.39, 0.29) is 36.8 Å². The first-order chi connectivity index (χ1) is 11.7. The fraction of sp³-hybridized carbons (Fsp3) is 0.278. The lowest BCUT2D eigenvalue weighted by Gasteiger charge is -2.15. The van der Waals surface area contributed by atoms with Gasteiger partial charge in [0.1, 0.15) is 5.52 Å². The lowest BCUT2D eigenvalue weighted by molar-refractivity contribution is 0.0790. The van der Waals surface area contributed by atoms with Crippen LogP contribution in [-0.2, 0) is 6.54 Å². The molecule has 1 aliphatic rings. The Hall–Kier alpha value is -2.15. The van der Waals surface area contributed by atoms with Crippen molar-refractivity contribution < 1.29 is 4.79 Å². The summed E-state index contributed by atoms with van der Waals surface area (Å²) in [6.45, 7) is 2.03. The summed E-state index contributed by atoms with van der Waals surface area (Å²) in [6, 6.07) is 12.1. The van der Waals surface area contributed by atoms with Crippen molar-refractivity contribution in [2.24, 2.45) is 5.73 Å². The maximum atomic E-state index is 12.5. The van der Waals surface area contributed by atoms with Gasteiger partial charge in [-0.05, 0) is 18.1 Å². The molecular formula is C18H21Cl2N5O. The first-order valence-corrected chi connectivity index (χ1v) is 8.10. The topological polar surface area (TPSA) is 77.0 Å². The van der Waals surface area contributed by atoms with Crippen molar-refractivity contribution in [3.05, 3.63) is 60.0 Å². The highest BCUT2D eigenvalue weighted by Gasteiger charge is 2.25. The van der Waals surface area contributed by atoms with E-state index in [1.165, 1.54) is 5.56 Å². The first-order valence-electron chi connectivity index (χ1n) is 8.10. The van der Waals surface area contributed by atoms with Crippen molar-refractivity contribution in [3.8, 4) is 0 Å². The third-order valence-electron chi connectivity index (χ3n) is 4.41. The van der Waals surface area contributed by atoms with Gasteiger partial charge < -0.3 is 15.2 Å². The van der Waals surface area contributed by atoms with Crippen LogP contribution in [0.25, 0.3) is 11.2 Å².